The van der Waals surface area contributed by atoms with Crippen LogP contribution in [-0.4, -0.2) is 16.2 Å². The summed E-state index contributed by atoms with van der Waals surface area (Å²) in [5, 5.41) is 9.14. The number of aliphatic hydroxyl groups excluding tert-OH is 1. The van der Waals surface area contributed by atoms with Crippen LogP contribution in [0.5, 0.6) is 0 Å². The van der Waals surface area contributed by atoms with Crippen molar-refractivity contribution in [2.24, 2.45) is 0 Å². The predicted octanol–water partition coefficient (Wildman–Crippen LogP) is 1.87. The van der Waals surface area contributed by atoms with Crippen LogP contribution in [0.15, 0.2) is 10.6 Å². The van der Waals surface area contributed by atoms with Crippen molar-refractivity contribution in [3.05, 3.63) is 17.8 Å². The number of rotatable bonds is 3. The molecule has 0 bridgehead atoms. The van der Waals surface area contributed by atoms with Crippen molar-refractivity contribution in [1.82, 2.24) is 4.98 Å². The lowest BCUT2D eigenvalue weighted by atomic mass is 9.85. The van der Waals surface area contributed by atoms with Crippen LogP contribution in [0.3, 0.4) is 0 Å². The van der Waals surface area contributed by atoms with Crippen molar-refractivity contribution < 1.29 is 9.52 Å². The van der Waals surface area contributed by atoms with E-state index in [1.165, 1.54) is 19.3 Å². The lowest BCUT2D eigenvalue weighted by Gasteiger charge is -2.21. The number of aromatic nitrogens is 1. The Kier molecular flexibility index (Phi) is 2.36. The number of oxazole rings is 1. The average Bonchev–Trinajstić information content (AvgIpc) is 2.31. The second kappa shape index (κ2) is 3.50. The summed E-state index contributed by atoms with van der Waals surface area (Å²) in [5.74, 6) is 2.21. The quantitative estimate of drug-likeness (QED) is 0.774. The Bertz CT molecular complexity index is 276. The zero-order chi connectivity index (χ0) is 9.26. The molecule has 1 unspecified atom stereocenters. The molecule has 3 heteroatoms. The maximum Gasteiger partial charge on any atom is 0.197 e. The normalized spacial score (nSPS) is 19.8. The Hall–Kier alpha value is -0.830. The largest absolute Gasteiger partial charge is 0.445 e. The van der Waals surface area contributed by atoms with Gasteiger partial charge in [-0.3, -0.25) is 0 Å². The molecule has 2 rings (SSSR count). The van der Waals surface area contributed by atoms with Gasteiger partial charge in [0.25, 0.3) is 0 Å². The van der Waals surface area contributed by atoms with Crippen LogP contribution < -0.4 is 0 Å². The van der Waals surface area contributed by atoms with Crippen LogP contribution in [0.1, 0.15) is 43.8 Å². The van der Waals surface area contributed by atoms with Gasteiger partial charge in [0.1, 0.15) is 5.76 Å². The van der Waals surface area contributed by atoms with Gasteiger partial charge in [0, 0.05) is 12.3 Å². The molecule has 1 fully saturated rings. The van der Waals surface area contributed by atoms with E-state index in [1.54, 1.807) is 13.1 Å². The van der Waals surface area contributed by atoms with Crippen LogP contribution >= 0.6 is 0 Å². The number of aliphatic hydroxyl groups is 1. The highest BCUT2D eigenvalue weighted by Gasteiger charge is 2.24. The fourth-order valence-electron chi connectivity index (χ4n) is 1.55. The summed E-state index contributed by atoms with van der Waals surface area (Å²) in [6.07, 6.45) is 5.66. The first kappa shape index (κ1) is 8.75. The summed E-state index contributed by atoms with van der Waals surface area (Å²) in [5.41, 5.74) is 0. The smallest absolute Gasteiger partial charge is 0.197 e. The minimum Gasteiger partial charge on any atom is -0.445 e. The molecule has 1 aliphatic rings. The van der Waals surface area contributed by atoms with E-state index >= 15 is 0 Å². The van der Waals surface area contributed by atoms with E-state index in [9.17, 15) is 0 Å². The Morgan fingerprint density at radius 1 is 1.69 bits per heavy atom. The molecule has 1 heterocycles. The van der Waals surface area contributed by atoms with E-state index in [4.69, 9.17) is 9.52 Å². The van der Waals surface area contributed by atoms with Crippen LogP contribution in [-0.2, 0) is 6.42 Å². The van der Waals surface area contributed by atoms with Crippen molar-refractivity contribution in [3.8, 4) is 0 Å². The lowest BCUT2D eigenvalue weighted by molar-refractivity contribution is 0.185. The molecular formula is C10H15NO2. The van der Waals surface area contributed by atoms with Gasteiger partial charge in [-0.05, 0) is 19.8 Å². The third-order valence-corrected chi connectivity index (χ3v) is 2.52. The van der Waals surface area contributed by atoms with Gasteiger partial charge in [0.2, 0.25) is 0 Å². The molecule has 1 N–H and O–H groups in total. The first-order valence-corrected chi connectivity index (χ1v) is 4.88. The first-order valence-electron chi connectivity index (χ1n) is 4.88. The van der Waals surface area contributed by atoms with E-state index < -0.39 is 0 Å². The highest BCUT2D eigenvalue weighted by Crippen LogP contribution is 2.35. The Morgan fingerprint density at radius 3 is 3.00 bits per heavy atom. The summed E-state index contributed by atoms with van der Waals surface area (Å²) >= 11 is 0. The van der Waals surface area contributed by atoms with Gasteiger partial charge in [-0.2, -0.15) is 0 Å². The molecule has 1 saturated carbocycles. The number of nitrogens with zero attached hydrogens (tertiary/aromatic N) is 1. The fourth-order valence-corrected chi connectivity index (χ4v) is 1.55. The summed E-state index contributed by atoms with van der Waals surface area (Å²) in [7, 11) is 0. The maximum absolute atomic E-state index is 9.14. The molecule has 0 spiro atoms. The fraction of sp³-hybridized carbons (Fsp3) is 0.700. The Morgan fingerprint density at radius 2 is 2.46 bits per heavy atom. The summed E-state index contributed by atoms with van der Waals surface area (Å²) < 4.78 is 5.53. The van der Waals surface area contributed by atoms with E-state index in [0.29, 0.717) is 12.3 Å². The highest BCUT2D eigenvalue weighted by molar-refractivity contribution is 5.02. The Balaban J connectivity index is 2.00. The minimum atomic E-state index is -0.345. The molecule has 13 heavy (non-hydrogen) atoms. The third kappa shape index (κ3) is 1.91. The lowest BCUT2D eigenvalue weighted by Crippen LogP contribution is -2.08. The molecular weight excluding hydrogens is 166 g/mol. The Labute approximate surface area is 77.8 Å². The predicted molar refractivity (Wildman–Crippen MR) is 48.5 cm³/mol. The number of hydrogen-bond donors (Lipinski definition) is 1. The van der Waals surface area contributed by atoms with E-state index in [-0.39, 0.29) is 6.10 Å². The van der Waals surface area contributed by atoms with Gasteiger partial charge in [-0.15, -0.1) is 0 Å². The molecule has 1 aliphatic carbocycles. The van der Waals surface area contributed by atoms with E-state index in [0.717, 1.165) is 11.7 Å². The molecule has 0 aromatic carbocycles. The van der Waals surface area contributed by atoms with Gasteiger partial charge >= 0.3 is 0 Å². The van der Waals surface area contributed by atoms with E-state index in [1.807, 2.05) is 0 Å². The molecule has 3 nitrogen and oxygen atoms in total. The van der Waals surface area contributed by atoms with Gasteiger partial charge in [-0.1, -0.05) is 6.42 Å². The van der Waals surface area contributed by atoms with E-state index in [2.05, 4.69) is 4.98 Å². The van der Waals surface area contributed by atoms with Crippen molar-refractivity contribution >= 4 is 0 Å². The van der Waals surface area contributed by atoms with Crippen molar-refractivity contribution in [2.75, 3.05) is 0 Å². The van der Waals surface area contributed by atoms with Crippen molar-refractivity contribution in [2.45, 2.75) is 44.6 Å². The van der Waals surface area contributed by atoms with Gasteiger partial charge < -0.3 is 9.52 Å². The number of hydrogen-bond acceptors (Lipinski definition) is 3. The summed E-state index contributed by atoms with van der Waals surface area (Å²) in [6.45, 7) is 1.76. The van der Waals surface area contributed by atoms with Crippen LogP contribution in [0.2, 0.25) is 0 Å². The molecule has 1 atom stereocenters. The molecule has 0 radical (unpaired) electrons. The molecule has 1 aromatic rings. The maximum atomic E-state index is 9.14. The molecule has 0 saturated heterocycles. The average molecular weight is 181 g/mol. The summed E-state index contributed by atoms with van der Waals surface area (Å²) in [4.78, 5) is 4.21. The minimum absolute atomic E-state index is 0.345. The van der Waals surface area contributed by atoms with Crippen molar-refractivity contribution in [1.29, 1.82) is 0 Å². The molecule has 0 amide bonds. The third-order valence-electron chi connectivity index (χ3n) is 2.52. The molecule has 0 aliphatic heterocycles. The van der Waals surface area contributed by atoms with Crippen LogP contribution in [0.25, 0.3) is 0 Å². The van der Waals surface area contributed by atoms with Gasteiger partial charge in [-0.25, -0.2) is 4.98 Å². The highest BCUT2D eigenvalue weighted by atomic mass is 16.4. The van der Waals surface area contributed by atoms with Crippen LogP contribution in [0, 0.1) is 0 Å². The summed E-state index contributed by atoms with van der Waals surface area (Å²) in [6, 6.07) is 0. The zero-order valence-electron chi connectivity index (χ0n) is 7.86. The first-order chi connectivity index (χ1) is 6.25. The van der Waals surface area contributed by atoms with Crippen LogP contribution in [0.4, 0.5) is 0 Å². The van der Waals surface area contributed by atoms with Gasteiger partial charge in [0.15, 0.2) is 5.89 Å². The van der Waals surface area contributed by atoms with Crippen molar-refractivity contribution in [3.63, 3.8) is 0 Å². The molecule has 72 valence electrons. The second-order valence-electron chi connectivity index (χ2n) is 3.85. The van der Waals surface area contributed by atoms with Gasteiger partial charge in [0.05, 0.1) is 12.3 Å². The topological polar surface area (TPSA) is 46.3 Å². The SMILES string of the molecule is CC(O)Cc1cnc(C2CCC2)o1. The molecule has 1 aromatic heterocycles. The second-order valence-corrected chi connectivity index (χ2v) is 3.85. The zero-order valence-corrected chi connectivity index (χ0v) is 7.86. The standard InChI is InChI=1S/C10H15NO2/c1-7(12)5-9-6-11-10(13-9)8-3-2-4-8/h6-8,12H,2-5H2,1H3. The monoisotopic (exact) mass is 181 g/mol.